The van der Waals surface area contributed by atoms with Gasteiger partial charge in [-0.05, 0) is 49.4 Å². The maximum atomic E-state index is 11.8. The molecule has 2 aromatic rings. The van der Waals surface area contributed by atoms with Gasteiger partial charge in [-0.3, -0.25) is 9.78 Å². The number of aromatic nitrogens is 1. The highest BCUT2D eigenvalue weighted by atomic mass is 32.1. The molecule has 0 atom stereocenters. The van der Waals surface area contributed by atoms with Crippen LogP contribution in [0.4, 0.5) is 0 Å². The van der Waals surface area contributed by atoms with Crippen LogP contribution in [0.3, 0.4) is 0 Å². The van der Waals surface area contributed by atoms with Crippen LogP contribution in [0.5, 0.6) is 0 Å². The van der Waals surface area contributed by atoms with Crippen LogP contribution in [0.2, 0.25) is 0 Å². The summed E-state index contributed by atoms with van der Waals surface area (Å²) in [6, 6.07) is 5.53. The molecular formula is C16H17N3OS. The molecule has 0 saturated heterocycles. The molecule has 5 heteroatoms. The topological polar surface area (TPSA) is 54.4 Å². The number of aryl methyl sites for hydroxylation is 2. The van der Waals surface area contributed by atoms with Gasteiger partial charge in [0.05, 0.1) is 6.21 Å². The first-order valence-corrected chi connectivity index (χ1v) is 7.99. The van der Waals surface area contributed by atoms with E-state index in [4.69, 9.17) is 0 Å². The van der Waals surface area contributed by atoms with Gasteiger partial charge in [0.2, 0.25) is 0 Å². The maximum Gasteiger partial charge on any atom is 0.271 e. The molecule has 4 nitrogen and oxygen atoms in total. The van der Waals surface area contributed by atoms with E-state index in [1.165, 1.54) is 42.5 Å². The largest absolute Gasteiger partial charge is 0.271 e. The Morgan fingerprint density at radius 2 is 2.05 bits per heavy atom. The molecule has 0 unspecified atom stereocenters. The number of rotatable bonds is 3. The van der Waals surface area contributed by atoms with E-state index in [9.17, 15) is 4.79 Å². The zero-order valence-corrected chi connectivity index (χ0v) is 12.5. The van der Waals surface area contributed by atoms with Gasteiger partial charge in [-0.25, -0.2) is 5.43 Å². The monoisotopic (exact) mass is 299 g/mol. The van der Waals surface area contributed by atoms with Crippen molar-refractivity contribution in [3.63, 3.8) is 0 Å². The Hall–Kier alpha value is -2.01. The number of pyridine rings is 1. The van der Waals surface area contributed by atoms with E-state index in [2.05, 4.69) is 21.6 Å². The molecule has 1 N–H and O–H groups in total. The SMILES string of the molecule is O=C(N/N=C/c1cc2c(s1)CCCCC2)c1ccncc1. The van der Waals surface area contributed by atoms with Crippen LogP contribution in [0, 0.1) is 0 Å². The van der Waals surface area contributed by atoms with Crippen LogP contribution in [-0.2, 0) is 12.8 Å². The third kappa shape index (κ3) is 3.55. The summed E-state index contributed by atoms with van der Waals surface area (Å²) in [5, 5.41) is 4.05. The van der Waals surface area contributed by atoms with Gasteiger partial charge in [0.15, 0.2) is 0 Å². The number of carbonyl (C=O) groups excluding carboxylic acids is 1. The third-order valence-electron chi connectivity index (χ3n) is 3.57. The van der Waals surface area contributed by atoms with Gasteiger partial charge in [0.1, 0.15) is 0 Å². The average Bonchev–Trinajstić information content (AvgIpc) is 2.77. The lowest BCUT2D eigenvalue weighted by atomic mass is 10.1. The van der Waals surface area contributed by atoms with Crippen LogP contribution < -0.4 is 5.43 Å². The standard InChI is InChI=1S/C16H17N3OS/c20-16(12-6-8-17-9-7-12)19-18-11-14-10-13-4-2-1-3-5-15(13)21-14/h6-11H,1-5H2,(H,19,20)/b18-11+. The molecule has 0 fully saturated rings. The lowest BCUT2D eigenvalue weighted by molar-refractivity contribution is 0.0955. The zero-order valence-electron chi connectivity index (χ0n) is 11.7. The minimum absolute atomic E-state index is 0.216. The first-order chi connectivity index (χ1) is 10.3. The van der Waals surface area contributed by atoms with Crippen molar-refractivity contribution < 1.29 is 4.79 Å². The van der Waals surface area contributed by atoms with E-state index in [0.717, 1.165) is 4.88 Å². The van der Waals surface area contributed by atoms with E-state index in [-0.39, 0.29) is 5.91 Å². The van der Waals surface area contributed by atoms with Crippen molar-refractivity contribution in [2.75, 3.05) is 0 Å². The highest BCUT2D eigenvalue weighted by Gasteiger charge is 2.11. The smallest absolute Gasteiger partial charge is 0.267 e. The van der Waals surface area contributed by atoms with E-state index in [1.807, 2.05) is 0 Å². The zero-order chi connectivity index (χ0) is 14.5. The number of fused-ring (bicyclic) bond motifs is 1. The minimum atomic E-state index is -0.216. The highest BCUT2D eigenvalue weighted by Crippen LogP contribution is 2.27. The first kappa shape index (κ1) is 13.9. The number of carbonyl (C=O) groups is 1. The van der Waals surface area contributed by atoms with Crippen molar-refractivity contribution in [2.24, 2.45) is 5.10 Å². The predicted molar refractivity (Wildman–Crippen MR) is 84.9 cm³/mol. The number of amides is 1. The van der Waals surface area contributed by atoms with Crippen LogP contribution >= 0.6 is 11.3 Å². The minimum Gasteiger partial charge on any atom is -0.267 e. The van der Waals surface area contributed by atoms with Crippen LogP contribution in [0.15, 0.2) is 35.7 Å². The Balaban J connectivity index is 1.63. The summed E-state index contributed by atoms with van der Waals surface area (Å²) in [7, 11) is 0. The Morgan fingerprint density at radius 1 is 1.24 bits per heavy atom. The summed E-state index contributed by atoms with van der Waals surface area (Å²) in [5.74, 6) is -0.216. The molecule has 2 aromatic heterocycles. The summed E-state index contributed by atoms with van der Waals surface area (Å²) in [6.07, 6.45) is 11.2. The Kier molecular flexibility index (Phi) is 4.40. The van der Waals surface area contributed by atoms with E-state index in [0.29, 0.717) is 5.56 Å². The fourth-order valence-corrected chi connectivity index (χ4v) is 3.61. The maximum absolute atomic E-state index is 11.8. The lowest BCUT2D eigenvalue weighted by Crippen LogP contribution is -2.17. The van der Waals surface area contributed by atoms with Gasteiger partial charge < -0.3 is 0 Å². The normalized spacial score (nSPS) is 14.7. The fourth-order valence-electron chi connectivity index (χ4n) is 2.48. The second kappa shape index (κ2) is 6.63. The van der Waals surface area contributed by atoms with Crippen molar-refractivity contribution in [2.45, 2.75) is 32.1 Å². The van der Waals surface area contributed by atoms with Crippen LogP contribution in [-0.4, -0.2) is 17.1 Å². The van der Waals surface area contributed by atoms with Gasteiger partial charge in [0.25, 0.3) is 5.91 Å². The number of hydrogen-bond acceptors (Lipinski definition) is 4. The summed E-state index contributed by atoms with van der Waals surface area (Å²) in [6.45, 7) is 0. The second-order valence-corrected chi connectivity index (χ2v) is 6.26. The van der Waals surface area contributed by atoms with Crippen LogP contribution in [0.1, 0.15) is 44.9 Å². The molecule has 0 bridgehead atoms. The second-order valence-electron chi connectivity index (χ2n) is 5.09. The molecule has 0 radical (unpaired) electrons. The van der Waals surface area contributed by atoms with Crippen molar-refractivity contribution in [3.05, 3.63) is 51.5 Å². The van der Waals surface area contributed by atoms with Gasteiger partial charge in [-0.15, -0.1) is 11.3 Å². The molecule has 108 valence electrons. The number of hydrogen-bond donors (Lipinski definition) is 1. The van der Waals surface area contributed by atoms with E-state index < -0.39 is 0 Å². The number of thiophene rings is 1. The molecule has 2 heterocycles. The molecule has 21 heavy (non-hydrogen) atoms. The van der Waals surface area contributed by atoms with Crippen molar-refractivity contribution in [1.29, 1.82) is 0 Å². The van der Waals surface area contributed by atoms with Crippen molar-refractivity contribution >= 4 is 23.5 Å². The molecule has 3 rings (SSSR count). The quantitative estimate of drug-likeness (QED) is 0.537. The first-order valence-electron chi connectivity index (χ1n) is 7.18. The summed E-state index contributed by atoms with van der Waals surface area (Å²) >= 11 is 1.79. The van der Waals surface area contributed by atoms with Crippen molar-refractivity contribution in [1.82, 2.24) is 10.4 Å². The molecular weight excluding hydrogens is 282 g/mol. The van der Waals surface area contributed by atoms with E-state index in [1.54, 1.807) is 42.1 Å². The lowest BCUT2D eigenvalue weighted by Gasteiger charge is -1.97. The molecule has 0 aliphatic heterocycles. The summed E-state index contributed by atoms with van der Waals surface area (Å²) in [4.78, 5) is 18.3. The third-order valence-corrected chi connectivity index (χ3v) is 4.74. The van der Waals surface area contributed by atoms with Gasteiger partial charge in [0, 0.05) is 27.7 Å². The fraction of sp³-hybridized carbons (Fsp3) is 0.312. The summed E-state index contributed by atoms with van der Waals surface area (Å²) < 4.78 is 0. The van der Waals surface area contributed by atoms with Gasteiger partial charge in [-0.2, -0.15) is 5.10 Å². The molecule has 0 spiro atoms. The predicted octanol–water partition coefficient (Wildman–Crippen LogP) is 3.18. The highest BCUT2D eigenvalue weighted by molar-refractivity contribution is 7.13. The Bertz CT molecular complexity index is 625. The molecule has 1 amide bonds. The number of hydrazone groups is 1. The van der Waals surface area contributed by atoms with E-state index >= 15 is 0 Å². The van der Waals surface area contributed by atoms with Crippen molar-refractivity contribution in [3.8, 4) is 0 Å². The number of nitrogens with one attached hydrogen (secondary N) is 1. The van der Waals surface area contributed by atoms with Crippen LogP contribution in [0.25, 0.3) is 0 Å². The Morgan fingerprint density at radius 3 is 2.90 bits per heavy atom. The molecule has 0 saturated carbocycles. The number of nitrogens with zero attached hydrogens (tertiary/aromatic N) is 2. The van der Waals surface area contributed by atoms with Gasteiger partial charge in [-0.1, -0.05) is 6.42 Å². The summed E-state index contributed by atoms with van der Waals surface area (Å²) in [5.41, 5.74) is 4.57. The molecule has 1 aliphatic carbocycles. The molecule has 1 aliphatic rings. The van der Waals surface area contributed by atoms with Gasteiger partial charge >= 0.3 is 0 Å². The Labute approximate surface area is 127 Å². The molecule has 0 aromatic carbocycles. The average molecular weight is 299 g/mol.